The van der Waals surface area contributed by atoms with Crippen molar-refractivity contribution in [1.82, 2.24) is 0 Å². The van der Waals surface area contributed by atoms with E-state index in [4.69, 9.17) is 0 Å². The van der Waals surface area contributed by atoms with Gasteiger partial charge in [-0.2, -0.15) is 52.7 Å². The van der Waals surface area contributed by atoms with Gasteiger partial charge in [0, 0.05) is 0 Å². The van der Waals surface area contributed by atoms with E-state index in [0.717, 1.165) is 0 Å². The summed E-state index contributed by atoms with van der Waals surface area (Å²) in [5.41, 5.74) is -13.2. The second-order valence-electron chi connectivity index (χ2n) is 4.58. The maximum Gasteiger partial charge on any atom is 0.442 e. The van der Waals surface area contributed by atoms with Crippen molar-refractivity contribution in [1.29, 1.82) is 0 Å². The number of hydrogen-bond donors (Lipinski definition) is 0. The van der Waals surface area contributed by atoms with Gasteiger partial charge in [-0.3, -0.25) is 0 Å². The highest BCUT2D eigenvalue weighted by Gasteiger charge is 2.79. The molecule has 0 heterocycles. The molecule has 0 aromatic heterocycles. The van der Waals surface area contributed by atoms with Crippen molar-refractivity contribution in [3.63, 3.8) is 0 Å². The van der Waals surface area contributed by atoms with Gasteiger partial charge in [-0.15, -0.1) is 0 Å². The Bertz CT molecular complexity index is 503. The first-order valence-corrected chi connectivity index (χ1v) is 6.04. The molecule has 0 spiro atoms. The monoisotopic (exact) mass is 454 g/mol. The molecule has 0 saturated heterocycles. The van der Waals surface area contributed by atoms with Crippen molar-refractivity contribution in [3.05, 3.63) is 0 Å². The lowest BCUT2D eigenvalue weighted by molar-refractivity contribution is -0.336. The zero-order valence-corrected chi connectivity index (χ0v) is 12.3. The van der Waals surface area contributed by atoms with E-state index in [-0.39, 0.29) is 0 Å². The highest BCUT2D eigenvalue weighted by atomic mass is 19.4. The smallest absolute Gasteiger partial charge is 0.442 e. The summed E-state index contributed by atoms with van der Waals surface area (Å²) < 4.78 is 178. The third-order valence-electron chi connectivity index (χ3n) is 2.67. The average molecular weight is 454 g/mol. The standard InChI is InChI=1S/C10H4F14O4/c11-5(7(13,14)15,8(16,17)18)3(25)27-1-2-28-4(26)6(12,9(19,20)21)10(22,23)24/h1-2H2. The molecule has 0 amide bonds. The molecule has 0 aliphatic rings. The SMILES string of the molecule is O=C(OCCOC(=O)C(F)(C(F)(F)F)C(F)(F)F)C(F)(C(F)(F)F)C(F)(F)F. The van der Waals surface area contributed by atoms with Crippen LogP contribution in [0.1, 0.15) is 0 Å². The minimum atomic E-state index is -6.92. The van der Waals surface area contributed by atoms with Gasteiger partial charge in [-0.05, 0) is 0 Å². The quantitative estimate of drug-likeness (QED) is 0.361. The number of alkyl halides is 14. The Labute approximate surface area is 143 Å². The predicted octanol–water partition coefficient (Wildman–Crippen LogP) is 3.74. The third-order valence-corrected chi connectivity index (χ3v) is 2.67. The van der Waals surface area contributed by atoms with Crippen molar-refractivity contribution >= 4 is 11.9 Å². The number of hydrogen-bond acceptors (Lipinski definition) is 4. The molecule has 0 atom stereocenters. The summed E-state index contributed by atoms with van der Waals surface area (Å²) >= 11 is 0. The fourth-order valence-corrected chi connectivity index (χ4v) is 1.25. The molecule has 28 heavy (non-hydrogen) atoms. The summed E-state index contributed by atoms with van der Waals surface area (Å²) in [4.78, 5) is 21.4. The first kappa shape index (κ1) is 26.0. The lowest BCUT2D eigenvalue weighted by atomic mass is 10.1. The van der Waals surface area contributed by atoms with Gasteiger partial charge in [0.25, 0.3) is 0 Å². The molecule has 0 aliphatic carbocycles. The summed E-state index contributed by atoms with van der Waals surface area (Å²) in [6, 6.07) is 0. The predicted molar refractivity (Wildman–Crippen MR) is 53.8 cm³/mol. The van der Waals surface area contributed by atoms with Crippen molar-refractivity contribution in [3.8, 4) is 0 Å². The Hall–Kier alpha value is -2.04. The topological polar surface area (TPSA) is 52.6 Å². The van der Waals surface area contributed by atoms with Gasteiger partial charge in [0.15, 0.2) is 0 Å². The van der Waals surface area contributed by atoms with Gasteiger partial charge in [0.1, 0.15) is 13.2 Å². The number of rotatable bonds is 5. The van der Waals surface area contributed by atoms with Crippen molar-refractivity contribution in [2.75, 3.05) is 13.2 Å². The van der Waals surface area contributed by atoms with Crippen LogP contribution in [0.25, 0.3) is 0 Å². The number of halogens is 14. The summed E-state index contributed by atoms with van der Waals surface area (Å²) in [5.74, 6) is -7.41. The first-order chi connectivity index (χ1) is 12.0. The molecular weight excluding hydrogens is 450 g/mol. The highest BCUT2D eigenvalue weighted by Crippen LogP contribution is 2.48. The fourth-order valence-electron chi connectivity index (χ4n) is 1.25. The van der Waals surface area contributed by atoms with Crippen molar-refractivity contribution in [2.24, 2.45) is 0 Å². The molecule has 0 rings (SSSR count). The number of ether oxygens (including phenoxy) is 2. The molecule has 0 fully saturated rings. The summed E-state index contributed by atoms with van der Waals surface area (Å²) in [5, 5.41) is 0. The number of carbonyl (C=O) groups excluding carboxylic acids is 2. The second-order valence-corrected chi connectivity index (χ2v) is 4.58. The van der Waals surface area contributed by atoms with Crippen molar-refractivity contribution in [2.45, 2.75) is 36.0 Å². The lowest BCUT2D eigenvalue weighted by Crippen LogP contribution is -2.60. The molecule has 0 bridgehead atoms. The van der Waals surface area contributed by atoms with E-state index in [1.165, 1.54) is 0 Å². The fraction of sp³-hybridized carbons (Fsp3) is 0.800. The van der Waals surface area contributed by atoms with Gasteiger partial charge >= 0.3 is 48.0 Å². The molecule has 0 radical (unpaired) electrons. The van der Waals surface area contributed by atoms with Gasteiger partial charge in [-0.25, -0.2) is 18.4 Å². The molecule has 0 saturated carbocycles. The Morgan fingerprint density at radius 3 is 0.786 bits per heavy atom. The first-order valence-electron chi connectivity index (χ1n) is 6.04. The van der Waals surface area contributed by atoms with E-state index in [2.05, 4.69) is 9.47 Å². The van der Waals surface area contributed by atoms with Crippen LogP contribution in [-0.4, -0.2) is 61.2 Å². The maximum absolute atomic E-state index is 13.1. The van der Waals surface area contributed by atoms with Crippen LogP contribution in [0.3, 0.4) is 0 Å². The average Bonchev–Trinajstić information content (AvgIpc) is 2.44. The maximum atomic E-state index is 13.1. The van der Waals surface area contributed by atoms with Gasteiger partial charge < -0.3 is 9.47 Å². The molecular formula is C10H4F14O4. The normalized spacial score (nSPS) is 14.6. The molecule has 0 aliphatic heterocycles. The molecule has 4 nitrogen and oxygen atoms in total. The minimum Gasteiger partial charge on any atom is -0.459 e. The Balaban J connectivity index is 5.18. The molecule has 0 aromatic rings. The van der Waals surface area contributed by atoms with Crippen LogP contribution in [0, 0.1) is 0 Å². The summed E-state index contributed by atoms with van der Waals surface area (Å²) in [7, 11) is 0. The third kappa shape index (κ3) is 4.50. The Kier molecular flexibility index (Phi) is 6.87. The van der Waals surface area contributed by atoms with E-state index in [1.54, 1.807) is 0 Å². The molecule has 166 valence electrons. The Morgan fingerprint density at radius 2 is 0.643 bits per heavy atom. The van der Waals surface area contributed by atoms with Gasteiger partial charge in [0.2, 0.25) is 0 Å². The van der Waals surface area contributed by atoms with Crippen LogP contribution in [0.5, 0.6) is 0 Å². The highest BCUT2D eigenvalue weighted by molar-refractivity contribution is 5.82. The second kappa shape index (κ2) is 7.41. The molecule has 0 unspecified atom stereocenters. The molecule has 0 N–H and O–H groups in total. The van der Waals surface area contributed by atoms with E-state index in [0.29, 0.717) is 0 Å². The largest absolute Gasteiger partial charge is 0.459 e. The lowest BCUT2D eigenvalue weighted by Gasteiger charge is -2.28. The van der Waals surface area contributed by atoms with Crippen molar-refractivity contribution < 1.29 is 80.5 Å². The zero-order chi connectivity index (χ0) is 23.0. The van der Waals surface area contributed by atoms with E-state index in [9.17, 15) is 71.1 Å². The van der Waals surface area contributed by atoms with Crippen LogP contribution < -0.4 is 0 Å². The Morgan fingerprint density at radius 1 is 0.464 bits per heavy atom. The number of esters is 2. The summed E-state index contributed by atoms with van der Waals surface area (Å²) in [6.45, 7) is -4.15. The van der Waals surface area contributed by atoms with E-state index >= 15 is 0 Å². The van der Waals surface area contributed by atoms with E-state index < -0.39 is 61.2 Å². The van der Waals surface area contributed by atoms with Crippen LogP contribution in [0.4, 0.5) is 61.5 Å². The van der Waals surface area contributed by atoms with E-state index in [1.807, 2.05) is 0 Å². The zero-order valence-electron chi connectivity index (χ0n) is 12.3. The minimum absolute atomic E-state index is 2.08. The van der Waals surface area contributed by atoms with Crippen LogP contribution >= 0.6 is 0 Å². The number of carbonyl (C=O) groups is 2. The molecule has 18 heteroatoms. The molecule has 0 aromatic carbocycles. The summed E-state index contributed by atoms with van der Waals surface area (Å²) in [6.07, 6.45) is -27.7. The van der Waals surface area contributed by atoms with Crippen LogP contribution in [0.15, 0.2) is 0 Å². The van der Waals surface area contributed by atoms with Gasteiger partial charge in [0.05, 0.1) is 0 Å². The van der Waals surface area contributed by atoms with Crippen LogP contribution in [-0.2, 0) is 19.1 Å². The van der Waals surface area contributed by atoms with Gasteiger partial charge in [-0.1, -0.05) is 0 Å². The van der Waals surface area contributed by atoms with Crippen LogP contribution in [0.2, 0.25) is 0 Å².